The van der Waals surface area contributed by atoms with Gasteiger partial charge in [-0.1, -0.05) is 22.9 Å². The number of nitrogens with zero attached hydrogens (tertiary/aromatic N) is 3. The second-order valence-corrected chi connectivity index (χ2v) is 9.90. The molecule has 0 saturated carbocycles. The van der Waals surface area contributed by atoms with Crippen LogP contribution >= 0.6 is 22.9 Å². The number of hydrogen-bond acceptors (Lipinski definition) is 9. The molecule has 0 N–H and O–H groups in total. The summed E-state index contributed by atoms with van der Waals surface area (Å²) in [5.41, 5.74) is 1.37. The molecule has 204 valence electrons. The highest BCUT2D eigenvalue weighted by Gasteiger charge is 2.21. The Morgan fingerprint density at radius 2 is 1.76 bits per heavy atom. The molecule has 3 aromatic rings. The van der Waals surface area contributed by atoms with Gasteiger partial charge in [0.25, 0.3) is 5.91 Å². The number of amides is 1. The van der Waals surface area contributed by atoms with E-state index < -0.39 is 0 Å². The summed E-state index contributed by atoms with van der Waals surface area (Å²) < 4.78 is 28.0. The smallest absolute Gasteiger partial charge is 0.252 e. The van der Waals surface area contributed by atoms with E-state index in [2.05, 4.69) is 4.90 Å². The molecule has 1 fully saturated rings. The van der Waals surface area contributed by atoms with Crippen LogP contribution in [0.5, 0.6) is 23.0 Å². The standard InChI is InChI=1S/C27H32ClN3O6S/c1-33-20-8-7-19(28)26-24(20)29-27(38-26)31(11-5-10-30-12-14-37-15-13-30)23(32)9-6-18-16-21(34-2)25(36-4)22(17-18)35-3/h6-9,16-17H,5,10-15H2,1-4H3/b9-6+. The highest BCUT2D eigenvalue weighted by atomic mass is 35.5. The van der Waals surface area contributed by atoms with Crippen LogP contribution < -0.4 is 23.8 Å². The Hall–Kier alpha value is -3.05. The van der Waals surface area contributed by atoms with Crippen molar-refractivity contribution in [2.24, 2.45) is 0 Å². The molecule has 0 radical (unpaired) electrons. The Bertz CT molecular complexity index is 1270. The number of rotatable bonds is 11. The summed E-state index contributed by atoms with van der Waals surface area (Å²) in [6.45, 7) is 4.60. The fourth-order valence-electron chi connectivity index (χ4n) is 4.25. The zero-order chi connectivity index (χ0) is 27.1. The second kappa shape index (κ2) is 13.1. The SMILES string of the molecule is COc1cc(/C=C/C(=O)N(CCCN2CCOCC2)c2nc3c(OC)ccc(Cl)c3s2)cc(OC)c1OC. The average molecular weight is 562 g/mol. The van der Waals surface area contributed by atoms with Crippen LogP contribution in [0, 0.1) is 0 Å². The second-order valence-electron chi connectivity index (χ2n) is 8.51. The Balaban J connectivity index is 1.62. The quantitative estimate of drug-likeness (QED) is 0.310. The van der Waals surface area contributed by atoms with E-state index >= 15 is 0 Å². The first-order chi connectivity index (χ1) is 18.5. The molecule has 11 heteroatoms. The van der Waals surface area contributed by atoms with Crippen LogP contribution in [-0.2, 0) is 9.53 Å². The molecule has 9 nitrogen and oxygen atoms in total. The van der Waals surface area contributed by atoms with E-state index in [4.69, 9.17) is 40.3 Å². The lowest BCUT2D eigenvalue weighted by Crippen LogP contribution is -2.39. The van der Waals surface area contributed by atoms with Crippen molar-refractivity contribution in [2.75, 3.05) is 72.7 Å². The number of fused-ring (bicyclic) bond motifs is 1. The molecule has 4 rings (SSSR count). The number of carbonyl (C=O) groups excluding carboxylic acids is 1. The largest absolute Gasteiger partial charge is 0.494 e. The first-order valence-electron chi connectivity index (χ1n) is 12.2. The van der Waals surface area contributed by atoms with Gasteiger partial charge in [-0.3, -0.25) is 14.6 Å². The highest BCUT2D eigenvalue weighted by molar-refractivity contribution is 7.23. The molecule has 0 bridgehead atoms. The molecule has 1 aliphatic rings. The summed E-state index contributed by atoms with van der Waals surface area (Å²) in [5.74, 6) is 1.92. The van der Waals surface area contributed by atoms with E-state index in [1.54, 1.807) is 63.7 Å². The maximum atomic E-state index is 13.6. The Morgan fingerprint density at radius 1 is 1.08 bits per heavy atom. The minimum absolute atomic E-state index is 0.199. The molecular formula is C27H32ClN3O6S. The van der Waals surface area contributed by atoms with Crippen LogP contribution in [-0.4, -0.2) is 83.6 Å². The minimum Gasteiger partial charge on any atom is -0.494 e. The maximum Gasteiger partial charge on any atom is 0.252 e. The number of thiazole rings is 1. The van der Waals surface area contributed by atoms with E-state index in [1.165, 1.54) is 17.4 Å². The van der Waals surface area contributed by atoms with Crippen molar-refractivity contribution >= 4 is 50.3 Å². The average Bonchev–Trinajstić information content (AvgIpc) is 3.40. The first-order valence-corrected chi connectivity index (χ1v) is 13.4. The Kier molecular flexibility index (Phi) is 9.68. The van der Waals surface area contributed by atoms with Gasteiger partial charge in [-0.2, -0.15) is 0 Å². The number of ether oxygens (including phenoxy) is 5. The molecule has 0 unspecified atom stereocenters. The van der Waals surface area contributed by atoms with Gasteiger partial charge in [0.1, 0.15) is 11.3 Å². The van der Waals surface area contributed by atoms with Crippen LogP contribution in [0.3, 0.4) is 0 Å². The third-order valence-electron chi connectivity index (χ3n) is 6.23. The van der Waals surface area contributed by atoms with Crippen molar-refractivity contribution < 1.29 is 28.5 Å². The summed E-state index contributed by atoms with van der Waals surface area (Å²) in [4.78, 5) is 22.4. The van der Waals surface area contributed by atoms with E-state index in [0.29, 0.717) is 45.2 Å². The number of methoxy groups -OCH3 is 4. The number of benzene rings is 2. The van der Waals surface area contributed by atoms with Crippen molar-refractivity contribution in [1.29, 1.82) is 0 Å². The summed E-state index contributed by atoms with van der Waals surface area (Å²) in [5, 5.41) is 1.13. The molecule has 1 aliphatic heterocycles. The molecule has 1 saturated heterocycles. The van der Waals surface area contributed by atoms with E-state index in [1.807, 2.05) is 0 Å². The molecule has 2 heterocycles. The molecule has 0 spiro atoms. The van der Waals surface area contributed by atoms with Gasteiger partial charge in [0.15, 0.2) is 16.6 Å². The van der Waals surface area contributed by atoms with Gasteiger partial charge in [-0.25, -0.2) is 4.98 Å². The minimum atomic E-state index is -0.199. The first kappa shape index (κ1) is 28.0. The molecule has 0 aliphatic carbocycles. The lowest BCUT2D eigenvalue weighted by Gasteiger charge is -2.27. The Labute approximate surface area is 231 Å². The van der Waals surface area contributed by atoms with Gasteiger partial charge >= 0.3 is 0 Å². The van der Waals surface area contributed by atoms with E-state index in [0.717, 1.165) is 49.5 Å². The summed E-state index contributed by atoms with van der Waals surface area (Å²) >= 11 is 7.83. The van der Waals surface area contributed by atoms with Crippen LogP contribution in [0.25, 0.3) is 16.3 Å². The normalized spacial score (nSPS) is 14.1. The molecule has 0 atom stereocenters. The van der Waals surface area contributed by atoms with Gasteiger partial charge in [0.05, 0.1) is 51.4 Å². The number of anilines is 1. The van der Waals surface area contributed by atoms with Crippen molar-refractivity contribution in [3.63, 3.8) is 0 Å². The van der Waals surface area contributed by atoms with Crippen LogP contribution in [0.1, 0.15) is 12.0 Å². The summed E-state index contributed by atoms with van der Waals surface area (Å²) in [6.07, 6.45) is 4.04. The predicted octanol–water partition coefficient (Wildman–Crippen LogP) is 4.75. The van der Waals surface area contributed by atoms with Crippen LogP contribution in [0.4, 0.5) is 5.13 Å². The van der Waals surface area contributed by atoms with Crippen LogP contribution in [0.15, 0.2) is 30.3 Å². The fourth-order valence-corrected chi connectivity index (χ4v) is 5.54. The number of carbonyl (C=O) groups is 1. The fraction of sp³-hybridized carbons (Fsp3) is 0.407. The maximum absolute atomic E-state index is 13.6. The Morgan fingerprint density at radius 3 is 2.39 bits per heavy atom. The lowest BCUT2D eigenvalue weighted by molar-refractivity contribution is -0.114. The number of hydrogen-bond donors (Lipinski definition) is 0. The number of halogens is 1. The molecule has 2 aromatic carbocycles. The summed E-state index contributed by atoms with van der Waals surface area (Å²) in [6, 6.07) is 7.13. The molecular weight excluding hydrogens is 530 g/mol. The monoisotopic (exact) mass is 561 g/mol. The molecule has 38 heavy (non-hydrogen) atoms. The zero-order valence-electron chi connectivity index (χ0n) is 22.0. The van der Waals surface area contributed by atoms with E-state index in [-0.39, 0.29) is 5.91 Å². The van der Waals surface area contributed by atoms with Gasteiger partial charge in [0, 0.05) is 32.3 Å². The number of morpholine rings is 1. The molecule has 1 amide bonds. The third kappa shape index (κ3) is 6.32. The number of aromatic nitrogens is 1. The van der Waals surface area contributed by atoms with Crippen molar-refractivity contribution in [3.05, 3.63) is 40.9 Å². The third-order valence-corrected chi connectivity index (χ3v) is 7.77. The van der Waals surface area contributed by atoms with Crippen molar-refractivity contribution in [1.82, 2.24) is 9.88 Å². The van der Waals surface area contributed by atoms with Gasteiger partial charge in [-0.05, 0) is 42.3 Å². The topological polar surface area (TPSA) is 82.6 Å². The van der Waals surface area contributed by atoms with Crippen LogP contribution in [0.2, 0.25) is 5.02 Å². The lowest BCUT2D eigenvalue weighted by atomic mass is 10.1. The van der Waals surface area contributed by atoms with Crippen molar-refractivity contribution in [2.45, 2.75) is 6.42 Å². The summed E-state index contributed by atoms with van der Waals surface area (Å²) in [7, 11) is 6.25. The van der Waals surface area contributed by atoms with Gasteiger partial charge in [0.2, 0.25) is 5.75 Å². The van der Waals surface area contributed by atoms with Gasteiger partial charge < -0.3 is 23.7 Å². The predicted molar refractivity (Wildman–Crippen MR) is 151 cm³/mol. The van der Waals surface area contributed by atoms with Gasteiger partial charge in [-0.15, -0.1) is 0 Å². The van der Waals surface area contributed by atoms with E-state index in [9.17, 15) is 4.79 Å². The highest BCUT2D eigenvalue weighted by Crippen LogP contribution is 2.40. The zero-order valence-corrected chi connectivity index (χ0v) is 23.6. The molecule has 1 aromatic heterocycles. The van der Waals surface area contributed by atoms with Crippen molar-refractivity contribution in [3.8, 4) is 23.0 Å².